The van der Waals surface area contributed by atoms with Gasteiger partial charge < -0.3 is 16.0 Å². The lowest BCUT2D eigenvalue weighted by atomic mass is 10.1. The quantitative estimate of drug-likeness (QED) is 0.737. The van der Waals surface area contributed by atoms with Gasteiger partial charge in [0.25, 0.3) is 5.91 Å². The van der Waals surface area contributed by atoms with Gasteiger partial charge in [-0.15, -0.1) is 11.3 Å². The van der Waals surface area contributed by atoms with Gasteiger partial charge in [0.1, 0.15) is 0 Å². The second-order valence-electron chi connectivity index (χ2n) is 4.27. The van der Waals surface area contributed by atoms with Crippen LogP contribution in [-0.2, 0) is 4.79 Å². The molecule has 0 bridgehead atoms. The molecule has 18 heavy (non-hydrogen) atoms. The molecular formula is C12H17N3O2S. The molecule has 1 unspecified atom stereocenters. The zero-order valence-electron chi connectivity index (χ0n) is 10.1. The van der Waals surface area contributed by atoms with Gasteiger partial charge in [-0.05, 0) is 30.8 Å². The highest BCUT2D eigenvalue weighted by Crippen LogP contribution is 2.07. The summed E-state index contributed by atoms with van der Waals surface area (Å²) in [6.45, 7) is 1.86. The molecule has 0 aliphatic carbocycles. The van der Waals surface area contributed by atoms with Gasteiger partial charge in [0, 0.05) is 12.6 Å². The van der Waals surface area contributed by atoms with E-state index in [4.69, 9.17) is 0 Å². The molecule has 1 aliphatic heterocycles. The second-order valence-corrected chi connectivity index (χ2v) is 5.22. The van der Waals surface area contributed by atoms with Gasteiger partial charge >= 0.3 is 0 Å². The highest BCUT2D eigenvalue weighted by atomic mass is 32.1. The van der Waals surface area contributed by atoms with Crippen molar-refractivity contribution in [3.63, 3.8) is 0 Å². The molecule has 0 saturated carbocycles. The summed E-state index contributed by atoms with van der Waals surface area (Å²) < 4.78 is 0. The Morgan fingerprint density at radius 2 is 2.39 bits per heavy atom. The highest BCUT2D eigenvalue weighted by molar-refractivity contribution is 7.12. The molecule has 2 amide bonds. The fraction of sp³-hybridized carbons (Fsp3) is 0.500. The summed E-state index contributed by atoms with van der Waals surface area (Å²) in [5.41, 5.74) is 0. The van der Waals surface area contributed by atoms with Crippen LogP contribution in [0.3, 0.4) is 0 Å². The van der Waals surface area contributed by atoms with E-state index < -0.39 is 0 Å². The Kier molecular flexibility index (Phi) is 4.72. The van der Waals surface area contributed by atoms with Crippen molar-refractivity contribution in [3.8, 4) is 0 Å². The van der Waals surface area contributed by atoms with Gasteiger partial charge in [-0.1, -0.05) is 6.07 Å². The number of nitrogens with one attached hydrogen (secondary N) is 3. The molecule has 5 nitrogen and oxygen atoms in total. The molecule has 2 heterocycles. The smallest absolute Gasteiger partial charge is 0.261 e. The molecule has 1 saturated heterocycles. The van der Waals surface area contributed by atoms with E-state index in [1.165, 1.54) is 11.3 Å². The van der Waals surface area contributed by atoms with Crippen molar-refractivity contribution >= 4 is 23.2 Å². The minimum absolute atomic E-state index is 0.0350. The molecule has 1 aliphatic rings. The number of rotatable bonds is 4. The predicted molar refractivity (Wildman–Crippen MR) is 70.7 cm³/mol. The SMILES string of the molecule is O=C(CNC(=O)c1cccs1)NC1CCCNC1. The molecule has 1 aromatic heterocycles. The summed E-state index contributed by atoms with van der Waals surface area (Å²) in [7, 11) is 0. The van der Waals surface area contributed by atoms with E-state index in [0.717, 1.165) is 25.9 Å². The fourth-order valence-electron chi connectivity index (χ4n) is 1.91. The zero-order chi connectivity index (χ0) is 12.8. The molecule has 1 atom stereocenters. The first-order valence-corrected chi connectivity index (χ1v) is 6.95. The van der Waals surface area contributed by atoms with Crippen LogP contribution in [0.4, 0.5) is 0 Å². The maximum absolute atomic E-state index is 11.6. The Bertz CT molecular complexity index is 399. The largest absolute Gasteiger partial charge is 0.351 e. The van der Waals surface area contributed by atoms with Crippen LogP contribution >= 0.6 is 11.3 Å². The summed E-state index contributed by atoms with van der Waals surface area (Å²) >= 11 is 1.36. The third kappa shape index (κ3) is 3.82. The molecule has 1 fully saturated rings. The van der Waals surface area contributed by atoms with Crippen molar-refractivity contribution < 1.29 is 9.59 Å². The van der Waals surface area contributed by atoms with Crippen LogP contribution in [0.15, 0.2) is 17.5 Å². The van der Waals surface area contributed by atoms with E-state index in [1.807, 2.05) is 11.4 Å². The Morgan fingerprint density at radius 1 is 1.50 bits per heavy atom. The number of piperidine rings is 1. The van der Waals surface area contributed by atoms with E-state index in [9.17, 15) is 9.59 Å². The average Bonchev–Trinajstić information content (AvgIpc) is 2.91. The Balaban J connectivity index is 1.69. The average molecular weight is 267 g/mol. The summed E-state index contributed by atoms with van der Waals surface area (Å²) in [5.74, 6) is -0.324. The molecular weight excluding hydrogens is 250 g/mol. The first kappa shape index (κ1) is 13.0. The third-order valence-corrected chi connectivity index (χ3v) is 3.69. The lowest BCUT2D eigenvalue weighted by Gasteiger charge is -2.23. The van der Waals surface area contributed by atoms with E-state index in [-0.39, 0.29) is 24.4 Å². The van der Waals surface area contributed by atoms with Crippen LogP contribution in [0, 0.1) is 0 Å². The van der Waals surface area contributed by atoms with Gasteiger partial charge in [-0.3, -0.25) is 9.59 Å². The van der Waals surface area contributed by atoms with Crippen LogP contribution < -0.4 is 16.0 Å². The Labute approximate surface area is 110 Å². The maximum Gasteiger partial charge on any atom is 0.261 e. The normalized spacial score (nSPS) is 19.2. The second kappa shape index (κ2) is 6.51. The number of hydrogen-bond acceptors (Lipinski definition) is 4. The molecule has 2 rings (SSSR count). The van der Waals surface area contributed by atoms with Crippen LogP contribution in [0.1, 0.15) is 22.5 Å². The first-order chi connectivity index (χ1) is 8.75. The number of hydrogen-bond donors (Lipinski definition) is 3. The summed E-state index contributed by atoms with van der Waals surface area (Å²) in [5, 5.41) is 10.6. The highest BCUT2D eigenvalue weighted by Gasteiger charge is 2.15. The van der Waals surface area contributed by atoms with Crippen LogP contribution in [0.25, 0.3) is 0 Å². The van der Waals surface area contributed by atoms with Crippen LogP contribution in [-0.4, -0.2) is 37.5 Å². The van der Waals surface area contributed by atoms with E-state index in [2.05, 4.69) is 16.0 Å². The lowest BCUT2D eigenvalue weighted by Crippen LogP contribution is -2.48. The van der Waals surface area contributed by atoms with Crippen molar-refractivity contribution in [2.75, 3.05) is 19.6 Å². The van der Waals surface area contributed by atoms with Gasteiger partial charge in [0.05, 0.1) is 11.4 Å². The first-order valence-electron chi connectivity index (χ1n) is 6.07. The van der Waals surface area contributed by atoms with Crippen LogP contribution in [0.2, 0.25) is 0 Å². The summed E-state index contributed by atoms with van der Waals surface area (Å²) in [6.07, 6.45) is 2.07. The molecule has 0 spiro atoms. The van der Waals surface area contributed by atoms with Crippen molar-refractivity contribution in [3.05, 3.63) is 22.4 Å². The van der Waals surface area contributed by atoms with Crippen molar-refractivity contribution in [2.24, 2.45) is 0 Å². The molecule has 3 N–H and O–H groups in total. The lowest BCUT2D eigenvalue weighted by molar-refractivity contribution is -0.120. The number of carbonyl (C=O) groups is 2. The molecule has 98 valence electrons. The third-order valence-electron chi connectivity index (χ3n) is 2.82. The van der Waals surface area contributed by atoms with Gasteiger partial charge in [0.2, 0.25) is 5.91 Å². The van der Waals surface area contributed by atoms with E-state index in [0.29, 0.717) is 4.88 Å². The number of amides is 2. The van der Waals surface area contributed by atoms with Crippen molar-refractivity contribution in [1.29, 1.82) is 0 Å². The monoisotopic (exact) mass is 267 g/mol. The predicted octanol–water partition coefficient (Wildman–Crippen LogP) is 0.346. The fourth-order valence-corrected chi connectivity index (χ4v) is 2.55. The topological polar surface area (TPSA) is 70.2 Å². The number of carbonyl (C=O) groups excluding carboxylic acids is 2. The summed E-state index contributed by atoms with van der Waals surface area (Å²) in [4.78, 5) is 23.9. The molecule has 0 aromatic carbocycles. The minimum Gasteiger partial charge on any atom is -0.351 e. The van der Waals surface area contributed by atoms with Gasteiger partial charge in [0.15, 0.2) is 0 Å². The van der Waals surface area contributed by atoms with Crippen molar-refractivity contribution in [1.82, 2.24) is 16.0 Å². The van der Waals surface area contributed by atoms with Crippen molar-refractivity contribution in [2.45, 2.75) is 18.9 Å². The Morgan fingerprint density at radius 3 is 3.06 bits per heavy atom. The van der Waals surface area contributed by atoms with Gasteiger partial charge in [-0.25, -0.2) is 0 Å². The maximum atomic E-state index is 11.6. The summed E-state index contributed by atoms with van der Waals surface area (Å²) in [6, 6.07) is 3.74. The van der Waals surface area contributed by atoms with Crippen LogP contribution in [0.5, 0.6) is 0 Å². The Hall–Kier alpha value is -1.40. The number of thiophene rings is 1. The molecule has 0 radical (unpaired) electrons. The molecule has 1 aromatic rings. The van der Waals surface area contributed by atoms with E-state index in [1.54, 1.807) is 6.07 Å². The molecule has 6 heteroatoms. The zero-order valence-corrected chi connectivity index (χ0v) is 10.9. The standard InChI is InChI=1S/C12H17N3O2S/c16-11(15-9-3-1-5-13-7-9)8-14-12(17)10-4-2-6-18-10/h2,4,6,9,13H,1,3,5,7-8H2,(H,14,17)(H,15,16). The van der Waals surface area contributed by atoms with Gasteiger partial charge in [-0.2, -0.15) is 0 Å². The van der Waals surface area contributed by atoms with E-state index >= 15 is 0 Å². The minimum atomic E-state index is -0.193.